The van der Waals surface area contributed by atoms with E-state index in [-0.39, 0.29) is 6.61 Å². The van der Waals surface area contributed by atoms with Gasteiger partial charge in [-0.15, -0.1) is 0 Å². The van der Waals surface area contributed by atoms with E-state index in [1.54, 1.807) is 7.11 Å². The fraction of sp³-hybridized carbons (Fsp3) is 0.455. The molecule has 0 saturated heterocycles. The number of rotatable bonds is 2. The average molecular weight is 194 g/mol. The van der Waals surface area contributed by atoms with Gasteiger partial charge in [-0.2, -0.15) is 0 Å². The van der Waals surface area contributed by atoms with E-state index in [1.807, 2.05) is 12.1 Å². The molecular weight excluding hydrogens is 180 g/mol. The minimum atomic E-state index is 0.0556. The lowest BCUT2D eigenvalue weighted by Crippen LogP contribution is -1.97. The summed E-state index contributed by atoms with van der Waals surface area (Å²) >= 11 is 0. The number of aliphatic hydroxyl groups excluding tert-OH is 1. The van der Waals surface area contributed by atoms with E-state index < -0.39 is 0 Å². The summed E-state index contributed by atoms with van der Waals surface area (Å²) in [5.74, 6) is 1.88. The Hall–Kier alpha value is -1.22. The third-order valence-electron chi connectivity index (χ3n) is 2.61. The zero-order valence-corrected chi connectivity index (χ0v) is 8.41. The Morgan fingerprint density at radius 1 is 1.57 bits per heavy atom. The highest BCUT2D eigenvalue weighted by Crippen LogP contribution is 2.42. The van der Waals surface area contributed by atoms with Gasteiger partial charge < -0.3 is 14.6 Å². The third-order valence-corrected chi connectivity index (χ3v) is 2.61. The Kier molecular flexibility index (Phi) is 2.33. The Morgan fingerprint density at radius 3 is 3.00 bits per heavy atom. The summed E-state index contributed by atoms with van der Waals surface area (Å²) in [4.78, 5) is 0. The first kappa shape index (κ1) is 9.34. The van der Waals surface area contributed by atoms with Crippen LogP contribution >= 0.6 is 0 Å². The maximum atomic E-state index is 9.19. The second kappa shape index (κ2) is 3.50. The van der Waals surface area contributed by atoms with Gasteiger partial charge in [0.05, 0.1) is 20.3 Å². The van der Waals surface area contributed by atoms with Crippen molar-refractivity contribution in [3.63, 3.8) is 0 Å². The normalized spacial score (nSPS) is 18.9. The molecule has 0 aliphatic carbocycles. The van der Waals surface area contributed by atoms with Crippen LogP contribution in [0.3, 0.4) is 0 Å². The number of hydrogen-bond acceptors (Lipinski definition) is 3. The first-order chi connectivity index (χ1) is 6.77. The average Bonchev–Trinajstić information content (AvgIpc) is 2.60. The Labute approximate surface area is 83.3 Å². The molecule has 1 aromatic carbocycles. The van der Waals surface area contributed by atoms with E-state index in [1.165, 1.54) is 0 Å². The third kappa shape index (κ3) is 1.24. The van der Waals surface area contributed by atoms with Gasteiger partial charge in [0.1, 0.15) is 0 Å². The SMILES string of the molecule is COc1ccc(CO)c2c1OCC2C. The fourth-order valence-electron chi connectivity index (χ4n) is 1.90. The number of hydrogen-bond donors (Lipinski definition) is 1. The summed E-state index contributed by atoms with van der Waals surface area (Å²) in [6.07, 6.45) is 0. The van der Waals surface area contributed by atoms with E-state index in [4.69, 9.17) is 9.47 Å². The summed E-state index contributed by atoms with van der Waals surface area (Å²) < 4.78 is 10.7. The van der Waals surface area contributed by atoms with Gasteiger partial charge in [-0.05, 0) is 11.6 Å². The highest BCUT2D eigenvalue weighted by atomic mass is 16.5. The molecule has 1 atom stereocenters. The predicted octanol–water partition coefficient (Wildman–Crippen LogP) is 1.68. The van der Waals surface area contributed by atoms with Crippen LogP contribution in [0.25, 0.3) is 0 Å². The zero-order chi connectivity index (χ0) is 10.1. The molecule has 1 aliphatic rings. The summed E-state index contributed by atoms with van der Waals surface area (Å²) in [7, 11) is 1.63. The molecule has 1 N–H and O–H groups in total. The summed E-state index contributed by atoms with van der Waals surface area (Å²) in [5, 5.41) is 9.19. The number of aliphatic hydroxyl groups is 1. The molecule has 0 saturated carbocycles. The van der Waals surface area contributed by atoms with Crippen LogP contribution in [0.1, 0.15) is 24.0 Å². The van der Waals surface area contributed by atoms with Gasteiger partial charge >= 0.3 is 0 Å². The van der Waals surface area contributed by atoms with Crippen molar-refractivity contribution in [3.05, 3.63) is 23.3 Å². The lowest BCUT2D eigenvalue weighted by molar-refractivity contribution is 0.280. The van der Waals surface area contributed by atoms with Gasteiger partial charge in [-0.1, -0.05) is 13.0 Å². The van der Waals surface area contributed by atoms with Crippen molar-refractivity contribution in [1.29, 1.82) is 0 Å². The monoisotopic (exact) mass is 194 g/mol. The molecule has 14 heavy (non-hydrogen) atoms. The summed E-state index contributed by atoms with van der Waals surface area (Å²) in [6.45, 7) is 2.81. The van der Waals surface area contributed by atoms with Gasteiger partial charge in [0.25, 0.3) is 0 Å². The van der Waals surface area contributed by atoms with Crippen molar-refractivity contribution in [3.8, 4) is 11.5 Å². The van der Waals surface area contributed by atoms with Crippen molar-refractivity contribution in [2.24, 2.45) is 0 Å². The van der Waals surface area contributed by atoms with Crippen LogP contribution in [-0.2, 0) is 6.61 Å². The van der Waals surface area contributed by atoms with Crippen molar-refractivity contribution in [1.82, 2.24) is 0 Å². The molecule has 0 radical (unpaired) electrons. The number of benzene rings is 1. The van der Waals surface area contributed by atoms with Crippen LogP contribution in [0.2, 0.25) is 0 Å². The predicted molar refractivity (Wildman–Crippen MR) is 52.8 cm³/mol. The number of methoxy groups -OCH3 is 1. The summed E-state index contributed by atoms with van der Waals surface area (Å²) in [6, 6.07) is 3.73. The molecule has 1 unspecified atom stereocenters. The van der Waals surface area contributed by atoms with Gasteiger partial charge in [0, 0.05) is 11.5 Å². The number of ether oxygens (including phenoxy) is 2. The standard InChI is InChI=1S/C11H14O3/c1-7-6-14-11-9(13-2)4-3-8(5-12)10(7)11/h3-4,7,12H,5-6H2,1-2H3. The van der Waals surface area contributed by atoms with Crippen LogP contribution in [0.15, 0.2) is 12.1 Å². The second-order valence-electron chi connectivity index (χ2n) is 3.54. The van der Waals surface area contributed by atoms with Crippen molar-refractivity contribution >= 4 is 0 Å². The highest BCUT2D eigenvalue weighted by Gasteiger charge is 2.26. The Morgan fingerprint density at radius 2 is 2.36 bits per heavy atom. The molecule has 1 aromatic rings. The first-order valence-corrected chi connectivity index (χ1v) is 4.71. The molecule has 0 fully saturated rings. The van der Waals surface area contributed by atoms with E-state index in [0.29, 0.717) is 12.5 Å². The van der Waals surface area contributed by atoms with Gasteiger partial charge in [-0.3, -0.25) is 0 Å². The topological polar surface area (TPSA) is 38.7 Å². The van der Waals surface area contributed by atoms with E-state index in [2.05, 4.69) is 6.92 Å². The highest BCUT2D eigenvalue weighted by molar-refractivity contribution is 5.54. The second-order valence-corrected chi connectivity index (χ2v) is 3.54. The molecule has 0 aromatic heterocycles. The maximum Gasteiger partial charge on any atom is 0.165 e. The smallest absolute Gasteiger partial charge is 0.165 e. The van der Waals surface area contributed by atoms with E-state index >= 15 is 0 Å². The summed E-state index contributed by atoms with van der Waals surface area (Å²) in [5.41, 5.74) is 2.03. The van der Waals surface area contributed by atoms with E-state index in [0.717, 1.165) is 22.6 Å². The van der Waals surface area contributed by atoms with Gasteiger partial charge in [0.15, 0.2) is 11.5 Å². The minimum Gasteiger partial charge on any atom is -0.493 e. The fourth-order valence-corrected chi connectivity index (χ4v) is 1.90. The van der Waals surface area contributed by atoms with Crippen LogP contribution in [0.4, 0.5) is 0 Å². The minimum absolute atomic E-state index is 0.0556. The maximum absolute atomic E-state index is 9.19. The van der Waals surface area contributed by atoms with Crippen LogP contribution < -0.4 is 9.47 Å². The Bertz CT molecular complexity index is 347. The van der Waals surface area contributed by atoms with Crippen molar-refractivity contribution in [2.45, 2.75) is 19.4 Å². The van der Waals surface area contributed by atoms with Gasteiger partial charge in [0.2, 0.25) is 0 Å². The molecule has 2 rings (SSSR count). The van der Waals surface area contributed by atoms with Crippen molar-refractivity contribution in [2.75, 3.05) is 13.7 Å². The van der Waals surface area contributed by atoms with Crippen LogP contribution in [0, 0.1) is 0 Å². The molecular formula is C11H14O3. The van der Waals surface area contributed by atoms with Crippen molar-refractivity contribution < 1.29 is 14.6 Å². The first-order valence-electron chi connectivity index (χ1n) is 4.71. The molecule has 0 bridgehead atoms. The van der Waals surface area contributed by atoms with E-state index in [9.17, 15) is 5.11 Å². The van der Waals surface area contributed by atoms with Gasteiger partial charge in [-0.25, -0.2) is 0 Å². The Balaban J connectivity index is 2.56. The quantitative estimate of drug-likeness (QED) is 0.778. The zero-order valence-electron chi connectivity index (χ0n) is 8.41. The molecule has 3 heteroatoms. The molecule has 3 nitrogen and oxygen atoms in total. The number of fused-ring (bicyclic) bond motifs is 1. The molecule has 76 valence electrons. The molecule has 1 aliphatic heterocycles. The molecule has 0 amide bonds. The van der Waals surface area contributed by atoms with Crippen LogP contribution in [-0.4, -0.2) is 18.8 Å². The van der Waals surface area contributed by atoms with Crippen LogP contribution in [0.5, 0.6) is 11.5 Å². The largest absolute Gasteiger partial charge is 0.493 e. The lowest BCUT2D eigenvalue weighted by atomic mass is 9.97. The molecule has 0 spiro atoms. The molecule has 1 heterocycles. The lowest BCUT2D eigenvalue weighted by Gasteiger charge is -2.10.